The van der Waals surface area contributed by atoms with Crippen LogP contribution in [0.25, 0.3) is 0 Å². The van der Waals surface area contributed by atoms with Gasteiger partial charge < -0.3 is 9.84 Å². The molecule has 94 valence electrons. The highest BCUT2D eigenvalue weighted by molar-refractivity contribution is 4.74. The molecule has 3 heteroatoms. The number of aliphatic hydroxyl groups excluding tert-OH is 1. The van der Waals surface area contributed by atoms with Crippen molar-refractivity contribution in [3.63, 3.8) is 0 Å². The van der Waals surface area contributed by atoms with Crippen molar-refractivity contribution in [2.45, 2.75) is 44.8 Å². The number of aliphatic hydroxyl groups is 1. The second-order valence-corrected chi connectivity index (χ2v) is 4.51. The molecule has 0 saturated carbocycles. The summed E-state index contributed by atoms with van der Waals surface area (Å²) in [7, 11) is 0. The maximum atomic E-state index is 9.83. The summed E-state index contributed by atoms with van der Waals surface area (Å²) >= 11 is 0. The fraction of sp³-hybridized carbons (Fsp3) is 0.846. The van der Waals surface area contributed by atoms with Gasteiger partial charge in [-0.3, -0.25) is 4.90 Å². The molecule has 2 unspecified atom stereocenters. The summed E-state index contributed by atoms with van der Waals surface area (Å²) in [6.45, 7) is 9.40. The molecule has 2 atom stereocenters. The molecule has 1 rings (SSSR count). The van der Waals surface area contributed by atoms with Crippen LogP contribution in [0.1, 0.15) is 32.6 Å². The first-order valence-electron chi connectivity index (χ1n) is 6.39. The van der Waals surface area contributed by atoms with Crippen LogP contribution in [0, 0.1) is 0 Å². The van der Waals surface area contributed by atoms with Gasteiger partial charge in [-0.2, -0.15) is 0 Å². The fourth-order valence-corrected chi connectivity index (χ4v) is 2.11. The third-order valence-electron chi connectivity index (χ3n) is 3.11. The Morgan fingerprint density at radius 1 is 1.62 bits per heavy atom. The Balaban J connectivity index is 2.21. The maximum absolute atomic E-state index is 9.83. The third-order valence-corrected chi connectivity index (χ3v) is 3.11. The summed E-state index contributed by atoms with van der Waals surface area (Å²) in [4.78, 5) is 2.28. The van der Waals surface area contributed by atoms with Crippen LogP contribution >= 0.6 is 0 Å². The zero-order valence-corrected chi connectivity index (χ0v) is 10.4. The lowest BCUT2D eigenvalue weighted by Gasteiger charge is -2.25. The van der Waals surface area contributed by atoms with Crippen LogP contribution in [0.2, 0.25) is 0 Å². The number of nitrogens with zero attached hydrogens (tertiary/aromatic N) is 1. The molecule has 0 aliphatic carbocycles. The van der Waals surface area contributed by atoms with Gasteiger partial charge in [-0.15, -0.1) is 6.58 Å². The normalized spacial score (nSPS) is 22.6. The van der Waals surface area contributed by atoms with Crippen LogP contribution in [-0.2, 0) is 4.74 Å². The van der Waals surface area contributed by atoms with E-state index in [0.29, 0.717) is 6.10 Å². The first kappa shape index (κ1) is 13.7. The molecule has 0 aromatic heterocycles. The molecule has 1 N–H and O–H groups in total. The first-order chi connectivity index (χ1) is 7.76. The van der Waals surface area contributed by atoms with Crippen LogP contribution < -0.4 is 0 Å². The predicted molar refractivity (Wildman–Crippen MR) is 66.5 cm³/mol. The molecule has 0 radical (unpaired) electrons. The molecule has 0 amide bonds. The van der Waals surface area contributed by atoms with E-state index in [4.69, 9.17) is 4.74 Å². The van der Waals surface area contributed by atoms with Crippen molar-refractivity contribution in [3.05, 3.63) is 12.7 Å². The van der Waals surface area contributed by atoms with E-state index in [1.807, 2.05) is 6.08 Å². The van der Waals surface area contributed by atoms with Gasteiger partial charge in [-0.25, -0.2) is 0 Å². The van der Waals surface area contributed by atoms with E-state index in [9.17, 15) is 5.11 Å². The van der Waals surface area contributed by atoms with Gasteiger partial charge in [0.2, 0.25) is 0 Å². The Kier molecular flexibility index (Phi) is 6.69. The minimum Gasteiger partial charge on any atom is -0.392 e. The SMILES string of the molecule is C=CCCC(O)CN(CC)CC1CCCO1. The summed E-state index contributed by atoms with van der Waals surface area (Å²) in [6, 6.07) is 0. The average molecular weight is 227 g/mol. The van der Waals surface area contributed by atoms with Gasteiger partial charge in [-0.1, -0.05) is 13.0 Å². The van der Waals surface area contributed by atoms with Crippen LogP contribution in [0.3, 0.4) is 0 Å². The van der Waals surface area contributed by atoms with Crippen LogP contribution in [0.4, 0.5) is 0 Å². The molecule has 1 aliphatic heterocycles. The molecular weight excluding hydrogens is 202 g/mol. The molecule has 3 nitrogen and oxygen atoms in total. The Morgan fingerprint density at radius 3 is 3.00 bits per heavy atom. The topological polar surface area (TPSA) is 32.7 Å². The van der Waals surface area contributed by atoms with Gasteiger partial charge in [0, 0.05) is 19.7 Å². The molecule has 0 spiro atoms. The van der Waals surface area contributed by atoms with E-state index in [0.717, 1.165) is 39.1 Å². The number of rotatable bonds is 8. The number of allylic oxidation sites excluding steroid dienone is 1. The Bertz CT molecular complexity index is 190. The van der Waals surface area contributed by atoms with Gasteiger partial charge in [0.1, 0.15) is 0 Å². The maximum Gasteiger partial charge on any atom is 0.0702 e. The van der Waals surface area contributed by atoms with Crippen molar-refractivity contribution in [1.29, 1.82) is 0 Å². The van der Waals surface area contributed by atoms with E-state index >= 15 is 0 Å². The van der Waals surface area contributed by atoms with E-state index in [1.165, 1.54) is 12.8 Å². The molecule has 0 bridgehead atoms. The van der Waals surface area contributed by atoms with Crippen molar-refractivity contribution in [2.75, 3.05) is 26.2 Å². The fourth-order valence-electron chi connectivity index (χ4n) is 2.11. The van der Waals surface area contributed by atoms with E-state index in [1.54, 1.807) is 0 Å². The highest BCUT2D eigenvalue weighted by Crippen LogP contribution is 2.13. The van der Waals surface area contributed by atoms with E-state index < -0.39 is 0 Å². The quantitative estimate of drug-likeness (QED) is 0.642. The van der Waals surface area contributed by atoms with Crippen LogP contribution in [0.15, 0.2) is 12.7 Å². The number of hydrogen-bond acceptors (Lipinski definition) is 3. The second kappa shape index (κ2) is 7.82. The lowest BCUT2D eigenvalue weighted by Crippen LogP contribution is -2.37. The lowest BCUT2D eigenvalue weighted by atomic mass is 10.1. The van der Waals surface area contributed by atoms with Crippen molar-refractivity contribution in [3.8, 4) is 0 Å². The smallest absolute Gasteiger partial charge is 0.0702 e. The number of likely N-dealkylation sites (N-methyl/N-ethyl adjacent to an activating group) is 1. The Hall–Kier alpha value is -0.380. The minimum atomic E-state index is -0.237. The number of ether oxygens (including phenoxy) is 1. The molecule has 16 heavy (non-hydrogen) atoms. The largest absolute Gasteiger partial charge is 0.392 e. The van der Waals surface area contributed by atoms with Crippen molar-refractivity contribution >= 4 is 0 Å². The highest BCUT2D eigenvalue weighted by Gasteiger charge is 2.19. The summed E-state index contributed by atoms with van der Waals surface area (Å²) in [5, 5.41) is 9.83. The molecule has 0 aromatic rings. The summed E-state index contributed by atoms with van der Waals surface area (Å²) in [5.74, 6) is 0. The molecule has 0 aromatic carbocycles. The highest BCUT2D eigenvalue weighted by atomic mass is 16.5. The van der Waals surface area contributed by atoms with Crippen molar-refractivity contribution in [1.82, 2.24) is 4.90 Å². The van der Waals surface area contributed by atoms with Crippen molar-refractivity contribution < 1.29 is 9.84 Å². The lowest BCUT2D eigenvalue weighted by molar-refractivity contribution is 0.0501. The van der Waals surface area contributed by atoms with Gasteiger partial charge >= 0.3 is 0 Å². The zero-order chi connectivity index (χ0) is 11.8. The summed E-state index contributed by atoms with van der Waals surface area (Å²) < 4.78 is 5.61. The van der Waals surface area contributed by atoms with Gasteiger partial charge in [0.15, 0.2) is 0 Å². The standard InChI is InChI=1S/C13H25NO2/c1-3-5-7-12(15)10-14(4-2)11-13-8-6-9-16-13/h3,12-13,15H,1,4-11H2,2H3. The van der Waals surface area contributed by atoms with Crippen LogP contribution in [0.5, 0.6) is 0 Å². The summed E-state index contributed by atoms with van der Waals surface area (Å²) in [5.41, 5.74) is 0. The molecule has 1 heterocycles. The molecular formula is C13H25NO2. The van der Waals surface area contributed by atoms with Crippen LogP contribution in [-0.4, -0.2) is 48.5 Å². The minimum absolute atomic E-state index is 0.237. The summed E-state index contributed by atoms with van der Waals surface area (Å²) in [6.07, 6.45) is 6.05. The number of hydrogen-bond donors (Lipinski definition) is 1. The first-order valence-corrected chi connectivity index (χ1v) is 6.39. The van der Waals surface area contributed by atoms with Gasteiger partial charge in [0.05, 0.1) is 12.2 Å². The van der Waals surface area contributed by atoms with Gasteiger partial charge in [0.25, 0.3) is 0 Å². The van der Waals surface area contributed by atoms with Gasteiger partial charge in [-0.05, 0) is 32.2 Å². The Labute approximate surface area is 99.1 Å². The van der Waals surface area contributed by atoms with Crippen molar-refractivity contribution in [2.24, 2.45) is 0 Å². The molecule has 1 fully saturated rings. The van der Waals surface area contributed by atoms with E-state index in [2.05, 4.69) is 18.4 Å². The zero-order valence-electron chi connectivity index (χ0n) is 10.4. The van der Waals surface area contributed by atoms with E-state index in [-0.39, 0.29) is 6.10 Å². The second-order valence-electron chi connectivity index (χ2n) is 4.51. The average Bonchev–Trinajstić information content (AvgIpc) is 2.78. The predicted octanol–water partition coefficient (Wildman–Crippen LogP) is 1.81. The molecule has 1 aliphatic rings. The monoisotopic (exact) mass is 227 g/mol. The molecule has 1 saturated heterocycles. The Morgan fingerprint density at radius 2 is 2.44 bits per heavy atom. The third kappa shape index (κ3) is 5.10.